The molecule has 0 heterocycles. The highest BCUT2D eigenvalue weighted by Crippen LogP contribution is 2.37. The molecule has 0 aliphatic rings. The minimum atomic E-state index is -4.73. The number of aliphatic hydroxyl groups is 2. The van der Waals surface area contributed by atoms with E-state index in [2.05, 4.69) is 0 Å². The van der Waals surface area contributed by atoms with E-state index in [-0.39, 0.29) is 11.4 Å². The van der Waals surface area contributed by atoms with Crippen LogP contribution in [0.1, 0.15) is 17.2 Å². The summed E-state index contributed by atoms with van der Waals surface area (Å²) in [5.41, 5.74) is -1.43. The Morgan fingerprint density at radius 2 is 1.82 bits per heavy atom. The molecule has 0 bridgehead atoms. The zero-order valence-electron chi connectivity index (χ0n) is 8.45. The summed E-state index contributed by atoms with van der Waals surface area (Å²) in [4.78, 5) is 0. The van der Waals surface area contributed by atoms with E-state index in [1.54, 1.807) is 0 Å². The van der Waals surface area contributed by atoms with E-state index < -0.39 is 29.7 Å². The third kappa shape index (κ3) is 3.24. The second-order valence-electron chi connectivity index (χ2n) is 3.44. The molecule has 0 amide bonds. The fourth-order valence-corrected chi connectivity index (χ4v) is 1.44. The van der Waals surface area contributed by atoms with Crippen molar-refractivity contribution in [1.82, 2.24) is 0 Å². The number of halogens is 4. The minimum absolute atomic E-state index is 0.164. The van der Waals surface area contributed by atoms with Crippen molar-refractivity contribution in [2.45, 2.75) is 18.4 Å². The molecule has 17 heavy (non-hydrogen) atoms. The minimum Gasteiger partial charge on any atom is -0.507 e. The van der Waals surface area contributed by atoms with Crippen molar-refractivity contribution in [2.75, 3.05) is 5.88 Å². The number of aromatic hydroxyl groups is 1. The Hall–Kier alpha value is -0.980. The Balaban J connectivity index is 3.13. The van der Waals surface area contributed by atoms with Gasteiger partial charge >= 0.3 is 6.18 Å². The average Bonchev–Trinajstić information content (AvgIpc) is 2.26. The van der Waals surface area contributed by atoms with Gasteiger partial charge in [-0.25, -0.2) is 0 Å². The standard InChI is InChI=1S/C10H10ClF3O3/c11-4-8(16)9(17)5-1-2-7(15)6(3-5)10(12,13)14/h1-3,8-9,15-17H,4H2. The van der Waals surface area contributed by atoms with Gasteiger partial charge in [-0.1, -0.05) is 6.07 Å². The number of phenolic OH excluding ortho intramolecular Hbond substituents is 1. The molecule has 3 nitrogen and oxygen atoms in total. The molecule has 96 valence electrons. The average molecular weight is 271 g/mol. The number of phenols is 1. The molecule has 0 aliphatic carbocycles. The number of alkyl halides is 4. The van der Waals surface area contributed by atoms with Gasteiger partial charge in [0.15, 0.2) is 0 Å². The van der Waals surface area contributed by atoms with Crippen molar-refractivity contribution < 1.29 is 28.5 Å². The summed E-state index contributed by atoms with van der Waals surface area (Å²) in [5.74, 6) is -1.25. The van der Waals surface area contributed by atoms with Crippen LogP contribution in [0.15, 0.2) is 18.2 Å². The first kappa shape index (κ1) is 14.1. The molecule has 2 unspecified atom stereocenters. The highest BCUT2D eigenvalue weighted by molar-refractivity contribution is 6.18. The van der Waals surface area contributed by atoms with E-state index in [0.717, 1.165) is 12.1 Å². The maximum absolute atomic E-state index is 12.4. The van der Waals surface area contributed by atoms with Crippen LogP contribution < -0.4 is 0 Å². The molecule has 7 heteroatoms. The first-order chi connectivity index (χ1) is 7.77. The molecule has 0 saturated carbocycles. The molecule has 2 atom stereocenters. The van der Waals surface area contributed by atoms with Crippen LogP contribution in [-0.2, 0) is 6.18 Å². The maximum atomic E-state index is 12.4. The predicted octanol–water partition coefficient (Wildman–Crippen LogP) is 2.04. The lowest BCUT2D eigenvalue weighted by Crippen LogP contribution is -2.20. The third-order valence-electron chi connectivity index (χ3n) is 2.19. The van der Waals surface area contributed by atoms with E-state index in [0.29, 0.717) is 6.07 Å². The quantitative estimate of drug-likeness (QED) is 0.737. The highest BCUT2D eigenvalue weighted by atomic mass is 35.5. The summed E-state index contributed by atoms with van der Waals surface area (Å²) < 4.78 is 37.3. The van der Waals surface area contributed by atoms with Crippen LogP contribution in [0.3, 0.4) is 0 Å². The second-order valence-corrected chi connectivity index (χ2v) is 3.75. The third-order valence-corrected chi connectivity index (χ3v) is 2.51. The van der Waals surface area contributed by atoms with Gasteiger partial charge in [0, 0.05) is 0 Å². The van der Waals surface area contributed by atoms with Crippen LogP contribution in [0.2, 0.25) is 0 Å². The van der Waals surface area contributed by atoms with Gasteiger partial charge in [0.05, 0.1) is 17.5 Å². The molecule has 1 rings (SSSR count). The lowest BCUT2D eigenvalue weighted by Gasteiger charge is -2.17. The van der Waals surface area contributed by atoms with Crippen molar-refractivity contribution >= 4 is 11.6 Å². The van der Waals surface area contributed by atoms with Gasteiger partial charge in [-0.05, 0) is 17.7 Å². The molecule has 0 spiro atoms. The molecule has 0 fully saturated rings. The Morgan fingerprint density at radius 3 is 2.29 bits per heavy atom. The summed E-state index contributed by atoms with van der Waals surface area (Å²) in [6.45, 7) is 0. The molecular formula is C10H10ClF3O3. The van der Waals surface area contributed by atoms with E-state index in [1.165, 1.54) is 0 Å². The first-order valence-electron chi connectivity index (χ1n) is 4.59. The number of rotatable bonds is 3. The summed E-state index contributed by atoms with van der Waals surface area (Å²) in [7, 11) is 0. The highest BCUT2D eigenvalue weighted by Gasteiger charge is 2.34. The summed E-state index contributed by atoms with van der Waals surface area (Å²) in [6, 6.07) is 2.48. The van der Waals surface area contributed by atoms with Crippen LogP contribution in [0.25, 0.3) is 0 Å². The first-order valence-corrected chi connectivity index (χ1v) is 5.13. The van der Waals surface area contributed by atoms with Gasteiger partial charge in [0.25, 0.3) is 0 Å². The second kappa shape index (κ2) is 5.12. The van der Waals surface area contributed by atoms with E-state index in [9.17, 15) is 23.4 Å². The molecule has 0 aromatic heterocycles. The molecule has 0 saturated heterocycles. The SMILES string of the molecule is Oc1ccc(C(O)C(O)CCl)cc1C(F)(F)F. The summed E-state index contributed by atoms with van der Waals surface area (Å²) in [6.07, 6.45) is -7.64. The van der Waals surface area contributed by atoms with E-state index >= 15 is 0 Å². The van der Waals surface area contributed by atoms with Crippen LogP contribution in [-0.4, -0.2) is 27.3 Å². The zero-order chi connectivity index (χ0) is 13.2. The van der Waals surface area contributed by atoms with Gasteiger partial charge in [-0.3, -0.25) is 0 Å². The number of aliphatic hydroxyl groups excluding tert-OH is 2. The smallest absolute Gasteiger partial charge is 0.419 e. The molecule has 1 aromatic carbocycles. The lowest BCUT2D eigenvalue weighted by molar-refractivity contribution is -0.138. The van der Waals surface area contributed by atoms with Gasteiger partial charge in [0.1, 0.15) is 11.9 Å². The zero-order valence-corrected chi connectivity index (χ0v) is 9.20. The van der Waals surface area contributed by atoms with Gasteiger partial charge in [0.2, 0.25) is 0 Å². The predicted molar refractivity (Wildman–Crippen MR) is 54.8 cm³/mol. The fourth-order valence-electron chi connectivity index (χ4n) is 1.27. The Kier molecular flexibility index (Phi) is 4.24. The Bertz CT molecular complexity index is 395. The molecular weight excluding hydrogens is 261 g/mol. The fraction of sp³-hybridized carbons (Fsp3) is 0.400. The summed E-state index contributed by atoms with van der Waals surface area (Å²) >= 11 is 5.28. The van der Waals surface area contributed by atoms with Crippen LogP contribution in [0.5, 0.6) is 5.75 Å². The van der Waals surface area contributed by atoms with E-state index in [1.807, 2.05) is 0 Å². The van der Waals surface area contributed by atoms with Gasteiger partial charge < -0.3 is 15.3 Å². The Morgan fingerprint density at radius 1 is 1.24 bits per heavy atom. The number of hydrogen-bond acceptors (Lipinski definition) is 3. The monoisotopic (exact) mass is 270 g/mol. The lowest BCUT2D eigenvalue weighted by atomic mass is 10.0. The van der Waals surface area contributed by atoms with Crippen LogP contribution in [0, 0.1) is 0 Å². The van der Waals surface area contributed by atoms with Gasteiger partial charge in [-0.2, -0.15) is 13.2 Å². The molecule has 0 radical (unpaired) electrons. The normalized spacial score (nSPS) is 15.6. The van der Waals surface area contributed by atoms with Crippen molar-refractivity contribution in [3.63, 3.8) is 0 Å². The van der Waals surface area contributed by atoms with Crippen molar-refractivity contribution in [3.8, 4) is 5.75 Å². The largest absolute Gasteiger partial charge is 0.507 e. The van der Waals surface area contributed by atoms with Crippen LogP contribution in [0.4, 0.5) is 13.2 Å². The van der Waals surface area contributed by atoms with Crippen LogP contribution >= 0.6 is 11.6 Å². The Labute approximate surface area is 100 Å². The molecule has 3 N–H and O–H groups in total. The van der Waals surface area contributed by atoms with Gasteiger partial charge in [-0.15, -0.1) is 11.6 Å². The van der Waals surface area contributed by atoms with Crippen molar-refractivity contribution in [3.05, 3.63) is 29.3 Å². The molecule has 0 aliphatic heterocycles. The van der Waals surface area contributed by atoms with Crippen molar-refractivity contribution in [1.29, 1.82) is 0 Å². The molecule has 1 aromatic rings. The summed E-state index contributed by atoms with van der Waals surface area (Å²) in [5, 5.41) is 27.8. The van der Waals surface area contributed by atoms with Crippen molar-refractivity contribution in [2.24, 2.45) is 0 Å². The van der Waals surface area contributed by atoms with E-state index in [4.69, 9.17) is 16.7 Å². The maximum Gasteiger partial charge on any atom is 0.419 e. The number of benzene rings is 1. The number of hydrogen-bond donors (Lipinski definition) is 3. The topological polar surface area (TPSA) is 60.7 Å².